The van der Waals surface area contributed by atoms with Gasteiger partial charge in [-0.25, -0.2) is 18.1 Å². The Hall–Kier alpha value is -1.86. The second-order valence-corrected chi connectivity index (χ2v) is 5.99. The predicted molar refractivity (Wildman–Crippen MR) is 74.8 cm³/mol. The Morgan fingerprint density at radius 3 is 2.65 bits per heavy atom. The lowest BCUT2D eigenvalue weighted by atomic mass is 10.3. The highest BCUT2D eigenvalue weighted by atomic mass is 32.2. The summed E-state index contributed by atoms with van der Waals surface area (Å²) in [5.41, 5.74) is 0.705. The molecule has 0 bridgehead atoms. The molecule has 0 atom stereocenters. The van der Waals surface area contributed by atoms with Crippen LogP contribution in [0, 0.1) is 0 Å². The normalized spacial score (nSPS) is 11.4. The number of sulfonamides is 1. The summed E-state index contributed by atoms with van der Waals surface area (Å²) in [7, 11) is -3.53. The molecule has 6 nitrogen and oxygen atoms in total. The van der Waals surface area contributed by atoms with Crippen molar-refractivity contribution in [2.24, 2.45) is 0 Å². The minimum atomic E-state index is -3.53. The number of rotatable bonds is 7. The van der Waals surface area contributed by atoms with Crippen molar-refractivity contribution >= 4 is 10.0 Å². The average Bonchev–Trinajstić information content (AvgIpc) is 2.97. The van der Waals surface area contributed by atoms with Gasteiger partial charge in [-0.1, -0.05) is 6.92 Å². The van der Waals surface area contributed by atoms with Gasteiger partial charge in [-0.3, -0.25) is 0 Å². The number of nitrogens with zero attached hydrogens (tertiary/aromatic N) is 1. The Morgan fingerprint density at radius 2 is 2.05 bits per heavy atom. The SMILES string of the molecule is CCCOc1ccc(S(=O)(=O)NCc2cnc[nH]2)cc1. The molecule has 0 saturated heterocycles. The number of aromatic nitrogens is 2. The van der Waals surface area contributed by atoms with E-state index in [9.17, 15) is 8.42 Å². The van der Waals surface area contributed by atoms with Crippen LogP contribution in [0.2, 0.25) is 0 Å². The van der Waals surface area contributed by atoms with Crippen LogP contribution in [0.15, 0.2) is 41.7 Å². The number of hydrogen-bond donors (Lipinski definition) is 2. The molecule has 108 valence electrons. The van der Waals surface area contributed by atoms with E-state index in [-0.39, 0.29) is 11.4 Å². The van der Waals surface area contributed by atoms with E-state index in [1.807, 2.05) is 6.92 Å². The predicted octanol–water partition coefficient (Wildman–Crippen LogP) is 1.68. The van der Waals surface area contributed by atoms with Crippen LogP contribution >= 0.6 is 0 Å². The van der Waals surface area contributed by atoms with E-state index in [0.717, 1.165) is 6.42 Å². The highest BCUT2D eigenvalue weighted by molar-refractivity contribution is 7.89. The minimum Gasteiger partial charge on any atom is -0.494 e. The van der Waals surface area contributed by atoms with Crippen molar-refractivity contribution in [2.75, 3.05) is 6.61 Å². The minimum absolute atomic E-state index is 0.177. The van der Waals surface area contributed by atoms with Crippen LogP contribution < -0.4 is 9.46 Å². The molecule has 2 rings (SSSR count). The van der Waals surface area contributed by atoms with Crippen molar-refractivity contribution in [2.45, 2.75) is 24.8 Å². The van der Waals surface area contributed by atoms with Crippen molar-refractivity contribution in [1.29, 1.82) is 0 Å². The zero-order valence-electron chi connectivity index (χ0n) is 11.2. The van der Waals surface area contributed by atoms with Gasteiger partial charge < -0.3 is 9.72 Å². The van der Waals surface area contributed by atoms with Crippen LogP contribution in [0.4, 0.5) is 0 Å². The molecule has 0 radical (unpaired) electrons. The zero-order valence-corrected chi connectivity index (χ0v) is 12.0. The molecule has 0 saturated carbocycles. The van der Waals surface area contributed by atoms with Crippen molar-refractivity contribution in [3.63, 3.8) is 0 Å². The Morgan fingerprint density at radius 1 is 1.30 bits per heavy atom. The van der Waals surface area contributed by atoms with Crippen LogP contribution in [0.3, 0.4) is 0 Å². The molecule has 7 heteroatoms. The van der Waals surface area contributed by atoms with Gasteiger partial charge in [-0.05, 0) is 30.7 Å². The van der Waals surface area contributed by atoms with E-state index in [1.54, 1.807) is 18.3 Å². The Labute approximate surface area is 118 Å². The van der Waals surface area contributed by atoms with Crippen molar-refractivity contribution in [3.05, 3.63) is 42.5 Å². The molecule has 0 aliphatic carbocycles. The number of benzene rings is 1. The third kappa shape index (κ3) is 3.82. The summed E-state index contributed by atoms with van der Waals surface area (Å²) in [5, 5.41) is 0. The smallest absolute Gasteiger partial charge is 0.240 e. The maximum atomic E-state index is 12.1. The molecule has 0 amide bonds. The van der Waals surface area contributed by atoms with Gasteiger partial charge in [0.15, 0.2) is 0 Å². The van der Waals surface area contributed by atoms with Crippen LogP contribution in [0.5, 0.6) is 5.75 Å². The quantitative estimate of drug-likeness (QED) is 0.814. The second kappa shape index (κ2) is 6.53. The van der Waals surface area contributed by atoms with Crippen molar-refractivity contribution in [3.8, 4) is 5.75 Å². The third-order valence-corrected chi connectivity index (χ3v) is 4.03. The van der Waals surface area contributed by atoms with Crippen molar-refractivity contribution < 1.29 is 13.2 Å². The van der Waals surface area contributed by atoms with Crippen LogP contribution in [-0.4, -0.2) is 25.0 Å². The summed E-state index contributed by atoms with van der Waals surface area (Å²) in [4.78, 5) is 6.87. The summed E-state index contributed by atoms with van der Waals surface area (Å²) in [6, 6.07) is 6.36. The lowest BCUT2D eigenvalue weighted by Gasteiger charge is -2.07. The molecule has 1 aromatic carbocycles. The van der Waals surface area contributed by atoms with Gasteiger partial charge in [-0.15, -0.1) is 0 Å². The lowest BCUT2D eigenvalue weighted by molar-refractivity contribution is 0.317. The van der Waals surface area contributed by atoms with Gasteiger partial charge in [0.2, 0.25) is 10.0 Å². The Balaban J connectivity index is 2.01. The van der Waals surface area contributed by atoms with Crippen LogP contribution in [-0.2, 0) is 16.6 Å². The zero-order chi connectivity index (χ0) is 14.4. The highest BCUT2D eigenvalue weighted by Gasteiger charge is 2.13. The molecule has 20 heavy (non-hydrogen) atoms. The molecule has 1 aromatic heterocycles. The first-order valence-electron chi connectivity index (χ1n) is 6.31. The van der Waals surface area contributed by atoms with E-state index in [4.69, 9.17) is 4.74 Å². The third-order valence-electron chi connectivity index (χ3n) is 2.61. The van der Waals surface area contributed by atoms with Crippen molar-refractivity contribution in [1.82, 2.24) is 14.7 Å². The maximum Gasteiger partial charge on any atom is 0.240 e. The second-order valence-electron chi connectivity index (χ2n) is 4.22. The van der Waals surface area contributed by atoms with Gasteiger partial charge >= 0.3 is 0 Å². The van der Waals surface area contributed by atoms with E-state index in [2.05, 4.69) is 14.7 Å². The first-order valence-corrected chi connectivity index (χ1v) is 7.80. The van der Waals surface area contributed by atoms with Gasteiger partial charge in [0, 0.05) is 11.9 Å². The largest absolute Gasteiger partial charge is 0.494 e. The topological polar surface area (TPSA) is 84.1 Å². The van der Waals surface area contributed by atoms with Crippen LogP contribution in [0.1, 0.15) is 19.0 Å². The molecule has 0 spiro atoms. The molecule has 0 aliphatic rings. The summed E-state index contributed by atoms with van der Waals surface area (Å²) < 4.78 is 32.0. The van der Waals surface area contributed by atoms with Crippen LogP contribution in [0.25, 0.3) is 0 Å². The molecular formula is C13H17N3O3S. The lowest BCUT2D eigenvalue weighted by Crippen LogP contribution is -2.23. The molecule has 2 N–H and O–H groups in total. The monoisotopic (exact) mass is 295 g/mol. The van der Waals surface area contributed by atoms with Gasteiger partial charge in [0.05, 0.1) is 24.4 Å². The molecule has 0 fully saturated rings. The fraction of sp³-hybridized carbons (Fsp3) is 0.308. The number of H-pyrrole nitrogens is 1. The number of aromatic amines is 1. The summed E-state index contributed by atoms with van der Waals surface area (Å²) in [6.45, 7) is 2.80. The molecular weight excluding hydrogens is 278 g/mol. The first-order chi connectivity index (χ1) is 9.62. The summed E-state index contributed by atoms with van der Waals surface area (Å²) in [5.74, 6) is 0.666. The maximum absolute atomic E-state index is 12.1. The van der Waals surface area contributed by atoms with E-state index >= 15 is 0 Å². The molecule has 0 aliphatic heterocycles. The number of hydrogen-bond acceptors (Lipinski definition) is 4. The molecule has 2 aromatic rings. The van der Waals surface area contributed by atoms with Gasteiger partial charge in [0.25, 0.3) is 0 Å². The number of ether oxygens (including phenoxy) is 1. The van der Waals surface area contributed by atoms with E-state index in [0.29, 0.717) is 18.1 Å². The highest BCUT2D eigenvalue weighted by Crippen LogP contribution is 2.16. The number of imidazole rings is 1. The summed E-state index contributed by atoms with van der Waals surface area (Å²) >= 11 is 0. The first kappa shape index (κ1) is 14.5. The van der Waals surface area contributed by atoms with Gasteiger partial charge in [0.1, 0.15) is 5.75 Å². The summed E-state index contributed by atoms with van der Waals surface area (Å²) in [6.07, 6.45) is 3.99. The fourth-order valence-corrected chi connectivity index (χ4v) is 2.58. The number of nitrogens with one attached hydrogen (secondary N) is 2. The average molecular weight is 295 g/mol. The Kier molecular flexibility index (Phi) is 4.75. The molecule has 1 heterocycles. The fourth-order valence-electron chi connectivity index (χ4n) is 1.57. The standard InChI is InChI=1S/C13H17N3O3S/c1-2-7-19-12-3-5-13(6-4-12)20(17,18)16-9-11-8-14-10-15-11/h3-6,8,10,16H,2,7,9H2,1H3,(H,14,15). The van der Waals surface area contributed by atoms with E-state index < -0.39 is 10.0 Å². The molecule has 0 unspecified atom stereocenters. The van der Waals surface area contributed by atoms with E-state index in [1.165, 1.54) is 18.5 Å². The van der Waals surface area contributed by atoms with Gasteiger partial charge in [-0.2, -0.15) is 0 Å². The Bertz CT molecular complexity index is 621.